The van der Waals surface area contributed by atoms with Crippen LogP contribution in [0.2, 0.25) is 0 Å². The monoisotopic (exact) mass is 380 g/mol. The summed E-state index contributed by atoms with van der Waals surface area (Å²) in [7, 11) is 0. The fourth-order valence-corrected chi connectivity index (χ4v) is 3.91. The van der Waals surface area contributed by atoms with E-state index in [-0.39, 0.29) is 11.7 Å². The Morgan fingerprint density at radius 3 is 2.68 bits per heavy atom. The Labute approximate surface area is 164 Å². The van der Waals surface area contributed by atoms with Crippen molar-refractivity contribution in [1.82, 2.24) is 19.6 Å². The molecule has 146 valence electrons. The van der Waals surface area contributed by atoms with E-state index in [1.165, 1.54) is 11.6 Å². The standard InChI is InChI=1S/C22H25FN4O/c1-17-4-2-6-19-15-24-27(22(17)19)9-8-21(28)26-12-10-25(11-13-26)16-18-5-3-7-20(23)14-18/h2-7,14-15H,8-13,16H2,1H3. The maximum Gasteiger partial charge on any atom is 0.224 e. The molecular weight excluding hydrogens is 355 g/mol. The normalized spacial score (nSPS) is 15.3. The molecule has 0 aliphatic carbocycles. The number of hydrogen-bond donors (Lipinski definition) is 0. The number of nitrogens with zero attached hydrogens (tertiary/aromatic N) is 4. The number of benzene rings is 2. The Morgan fingerprint density at radius 2 is 1.89 bits per heavy atom. The van der Waals surface area contributed by atoms with Gasteiger partial charge in [-0.25, -0.2) is 4.39 Å². The summed E-state index contributed by atoms with van der Waals surface area (Å²) in [5, 5.41) is 5.56. The predicted molar refractivity (Wildman–Crippen MR) is 107 cm³/mol. The molecule has 0 N–H and O–H groups in total. The smallest absolute Gasteiger partial charge is 0.224 e. The molecule has 1 saturated heterocycles. The van der Waals surface area contributed by atoms with Crippen LogP contribution >= 0.6 is 0 Å². The van der Waals surface area contributed by atoms with Crippen LogP contribution in [0.4, 0.5) is 4.39 Å². The van der Waals surface area contributed by atoms with Gasteiger partial charge in [0.2, 0.25) is 5.91 Å². The summed E-state index contributed by atoms with van der Waals surface area (Å²) >= 11 is 0. The summed E-state index contributed by atoms with van der Waals surface area (Å²) < 4.78 is 15.3. The molecule has 0 spiro atoms. The van der Waals surface area contributed by atoms with E-state index in [1.54, 1.807) is 12.1 Å². The first-order valence-corrected chi connectivity index (χ1v) is 9.76. The van der Waals surface area contributed by atoms with Gasteiger partial charge in [0.05, 0.1) is 18.3 Å². The van der Waals surface area contributed by atoms with Gasteiger partial charge in [0.15, 0.2) is 0 Å². The molecule has 28 heavy (non-hydrogen) atoms. The highest BCUT2D eigenvalue weighted by atomic mass is 19.1. The molecule has 1 aliphatic heterocycles. The van der Waals surface area contributed by atoms with Crippen molar-refractivity contribution in [3.05, 3.63) is 65.6 Å². The highest BCUT2D eigenvalue weighted by Gasteiger charge is 2.21. The van der Waals surface area contributed by atoms with Crippen molar-refractivity contribution in [2.75, 3.05) is 26.2 Å². The van der Waals surface area contributed by atoms with Gasteiger partial charge in [0.25, 0.3) is 0 Å². The van der Waals surface area contributed by atoms with E-state index in [0.29, 0.717) is 26.1 Å². The number of hydrogen-bond acceptors (Lipinski definition) is 3. The van der Waals surface area contributed by atoms with Crippen molar-refractivity contribution >= 4 is 16.8 Å². The molecule has 1 fully saturated rings. The lowest BCUT2D eigenvalue weighted by Gasteiger charge is -2.34. The lowest BCUT2D eigenvalue weighted by molar-refractivity contribution is -0.133. The van der Waals surface area contributed by atoms with Crippen molar-refractivity contribution in [2.24, 2.45) is 0 Å². The van der Waals surface area contributed by atoms with Gasteiger partial charge in [-0.15, -0.1) is 0 Å². The first-order valence-electron chi connectivity index (χ1n) is 9.76. The van der Waals surface area contributed by atoms with E-state index in [1.807, 2.05) is 34.0 Å². The Bertz CT molecular complexity index is 976. The number of carbonyl (C=O) groups excluding carboxylic acids is 1. The van der Waals surface area contributed by atoms with Crippen molar-refractivity contribution < 1.29 is 9.18 Å². The number of amides is 1. The highest BCUT2D eigenvalue weighted by molar-refractivity contribution is 5.82. The minimum atomic E-state index is -0.201. The van der Waals surface area contributed by atoms with Crippen molar-refractivity contribution in [3.63, 3.8) is 0 Å². The van der Waals surface area contributed by atoms with Crippen LogP contribution in [-0.2, 0) is 17.9 Å². The zero-order valence-electron chi connectivity index (χ0n) is 16.1. The van der Waals surface area contributed by atoms with Crippen LogP contribution in [0.1, 0.15) is 17.5 Å². The summed E-state index contributed by atoms with van der Waals surface area (Å²) in [5.74, 6) is -0.0321. The second-order valence-electron chi connectivity index (χ2n) is 7.42. The largest absolute Gasteiger partial charge is 0.340 e. The van der Waals surface area contributed by atoms with Crippen molar-refractivity contribution in [3.8, 4) is 0 Å². The fourth-order valence-electron chi connectivity index (χ4n) is 3.91. The first kappa shape index (κ1) is 18.6. The van der Waals surface area contributed by atoms with Gasteiger partial charge < -0.3 is 4.90 Å². The van der Waals surface area contributed by atoms with E-state index in [2.05, 4.69) is 23.0 Å². The van der Waals surface area contributed by atoms with Gasteiger partial charge in [-0.2, -0.15) is 5.10 Å². The van der Waals surface area contributed by atoms with Crippen molar-refractivity contribution in [2.45, 2.75) is 26.4 Å². The van der Waals surface area contributed by atoms with Gasteiger partial charge in [0, 0.05) is 44.5 Å². The molecule has 1 amide bonds. The number of aromatic nitrogens is 2. The third kappa shape index (κ3) is 4.07. The molecule has 2 aromatic carbocycles. The van der Waals surface area contributed by atoms with Crippen LogP contribution in [0.5, 0.6) is 0 Å². The molecule has 6 heteroatoms. The van der Waals surface area contributed by atoms with Gasteiger partial charge in [-0.1, -0.05) is 30.3 Å². The molecular formula is C22H25FN4O. The summed E-state index contributed by atoms with van der Waals surface area (Å²) in [5.41, 5.74) is 3.25. The van der Waals surface area contributed by atoms with Crippen LogP contribution in [0.25, 0.3) is 10.9 Å². The predicted octanol–water partition coefficient (Wildman–Crippen LogP) is 3.22. The lowest BCUT2D eigenvalue weighted by Crippen LogP contribution is -2.48. The molecule has 0 saturated carbocycles. The summed E-state index contributed by atoms with van der Waals surface area (Å²) in [6.45, 7) is 6.44. The summed E-state index contributed by atoms with van der Waals surface area (Å²) in [6, 6.07) is 12.9. The zero-order chi connectivity index (χ0) is 19.5. The average molecular weight is 380 g/mol. The number of piperazine rings is 1. The maximum absolute atomic E-state index is 13.3. The topological polar surface area (TPSA) is 41.4 Å². The molecule has 4 rings (SSSR count). The highest BCUT2D eigenvalue weighted by Crippen LogP contribution is 2.18. The molecule has 1 aliphatic rings. The number of aryl methyl sites for hydroxylation is 2. The van der Waals surface area contributed by atoms with Crippen molar-refractivity contribution in [1.29, 1.82) is 0 Å². The lowest BCUT2D eigenvalue weighted by atomic mass is 10.1. The molecule has 1 aromatic heterocycles. The molecule has 3 aromatic rings. The zero-order valence-corrected chi connectivity index (χ0v) is 16.1. The summed E-state index contributed by atoms with van der Waals surface area (Å²) in [6.07, 6.45) is 2.31. The number of halogens is 1. The maximum atomic E-state index is 13.3. The minimum absolute atomic E-state index is 0.169. The van der Waals surface area contributed by atoms with Crippen LogP contribution in [0.15, 0.2) is 48.7 Å². The Hall–Kier alpha value is -2.73. The number of fused-ring (bicyclic) bond motifs is 1. The fraction of sp³-hybridized carbons (Fsp3) is 0.364. The minimum Gasteiger partial charge on any atom is -0.340 e. The Morgan fingerprint density at radius 1 is 1.11 bits per heavy atom. The van der Waals surface area contributed by atoms with E-state index in [9.17, 15) is 9.18 Å². The van der Waals surface area contributed by atoms with Crippen LogP contribution in [-0.4, -0.2) is 51.7 Å². The second kappa shape index (κ2) is 8.10. The van der Waals surface area contributed by atoms with Crippen LogP contribution < -0.4 is 0 Å². The number of para-hydroxylation sites is 1. The van der Waals surface area contributed by atoms with E-state index >= 15 is 0 Å². The molecule has 0 unspecified atom stereocenters. The third-order valence-corrected chi connectivity index (χ3v) is 5.42. The molecule has 5 nitrogen and oxygen atoms in total. The Balaban J connectivity index is 1.29. The average Bonchev–Trinajstić information content (AvgIpc) is 3.11. The summed E-state index contributed by atoms with van der Waals surface area (Å²) in [4.78, 5) is 16.8. The van der Waals surface area contributed by atoms with Gasteiger partial charge in [-0.05, 0) is 30.2 Å². The quantitative estimate of drug-likeness (QED) is 0.683. The van der Waals surface area contributed by atoms with Gasteiger partial charge in [0.1, 0.15) is 5.82 Å². The molecule has 0 atom stereocenters. The van der Waals surface area contributed by atoms with E-state index < -0.39 is 0 Å². The number of rotatable bonds is 5. The van der Waals surface area contributed by atoms with Gasteiger partial charge >= 0.3 is 0 Å². The first-order chi connectivity index (χ1) is 13.6. The molecule has 0 bridgehead atoms. The second-order valence-corrected chi connectivity index (χ2v) is 7.42. The molecule has 2 heterocycles. The third-order valence-electron chi connectivity index (χ3n) is 5.42. The molecule has 0 radical (unpaired) electrons. The van der Waals surface area contributed by atoms with Crippen LogP contribution in [0, 0.1) is 12.7 Å². The Kier molecular flexibility index (Phi) is 5.39. The number of carbonyl (C=O) groups is 1. The SMILES string of the molecule is Cc1cccc2cnn(CCC(=O)N3CCN(Cc4cccc(F)c4)CC3)c12. The van der Waals surface area contributed by atoms with Gasteiger partial charge in [-0.3, -0.25) is 14.4 Å². The van der Waals surface area contributed by atoms with E-state index in [0.717, 1.165) is 36.1 Å². The van der Waals surface area contributed by atoms with E-state index in [4.69, 9.17) is 0 Å². The van der Waals surface area contributed by atoms with Crippen LogP contribution in [0.3, 0.4) is 0 Å².